The minimum atomic E-state index is 0.215. The fourth-order valence-corrected chi connectivity index (χ4v) is 3.64. The Hall–Kier alpha value is -2.15. The van der Waals surface area contributed by atoms with Crippen molar-refractivity contribution in [2.24, 2.45) is 0 Å². The number of hydrogen-bond donors (Lipinski definition) is 0. The maximum atomic E-state index is 6.33. The summed E-state index contributed by atoms with van der Waals surface area (Å²) in [4.78, 5) is 11.0. The number of aryl methyl sites for hydroxylation is 1. The third-order valence-corrected chi connectivity index (χ3v) is 4.93. The van der Waals surface area contributed by atoms with Gasteiger partial charge in [-0.2, -0.15) is 15.0 Å². The van der Waals surface area contributed by atoms with Crippen LogP contribution < -0.4 is 9.64 Å². The molecule has 4 rings (SSSR count). The van der Waals surface area contributed by atoms with E-state index < -0.39 is 0 Å². The van der Waals surface area contributed by atoms with E-state index in [1.165, 1.54) is 12.8 Å². The second kappa shape index (κ2) is 7.39. The van der Waals surface area contributed by atoms with Crippen molar-refractivity contribution in [2.75, 3.05) is 31.1 Å². The molecular formula is C18H26N6O. The minimum Gasteiger partial charge on any atom is -0.485 e. The molecule has 2 aliphatic rings. The van der Waals surface area contributed by atoms with Crippen molar-refractivity contribution in [3.8, 4) is 5.75 Å². The molecule has 0 bridgehead atoms. The average molecular weight is 342 g/mol. The number of likely N-dealkylation sites (tertiary alicyclic amines) is 1. The molecule has 7 nitrogen and oxygen atoms in total. The standard InChI is InChI=1S/C18H26N6O/c1-2-24-20-12-15(21-24)13-22-11-7-16(14-22)25-17-6-5-8-19-18(17)23-9-3-4-10-23/h5-6,8,12,16H,2-4,7,9-11,13-14H2,1H3/t16-/m1/s1. The molecule has 1 atom stereocenters. The minimum absolute atomic E-state index is 0.215. The third kappa shape index (κ3) is 3.76. The predicted octanol–water partition coefficient (Wildman–Crippen LogP) is 1.95. The first-order valence-electron chi connectivity index (χ1n) is 9.30. The number of ether oxygens (including phenoxy) is 1. The molecule has 2 saturated heterocycles. The lowest BCUT2D eigenvalue weighted by atomic mass is 10.3. The van der Waals surface area contributed by atoms with E-state index in [1.807, 2.05) is 18.5 Å². The van der Waals surface area contributed by atoms with Gasteiger partial charge in [0.15, 0.2) is 11.6 Å². The van der Waals surface area contributed by atoms with Gasteiger partial charge in [-0.15, -0.1) is 0 Å². The lowest BCUT2D eigenvalue weighted by Gasteiger charge is -2.22. The molecule has 0 spiro atoms. The lowest BCUT2D eigenvalue weighted by molar-refractivity contribution is 0.197. The van der Waals surface area contributed by atoms with Crippen LogP contribution >= 0.6 is 0 Å². The van der Waals surface area contributed by atoms with Gasteiger partial charge in [-0.3, -0.25) is 4.90 Å². The number of aromatic nitrogens is 4. The van der Waals surface area contributed by atoms with Gasteiger partial charge in [0.05, 0.1) is 18.4 Å². The predicted molar refractivity (Wildman–Crippen MR) is 95.7 cm³/mol. The zero-order valence-corrected chi connectivity index (χ0v) is 14.8. The van der Waals surface area contributed by atoms with Crippen LogP contribution in [-0.4, -0.2) is 57.2 Å². The first kappa shape index (κ1) is 16.3. The molecule has 0 aliphatic carbocycles. The van der Waals surface area contributed by atoms with Crippen LogP contribution in [0.2, 0.25) is 0 Å². The molecule has 2 aromatic heterocycles. The van der Waals surface area contributed by atoms with Gasteiger partial charge in [0, 0.05) is 38.9 Å². The van der Waals surface area contributed by atoms with Crippen molar-refractivity contribution >= 4 is 5.82 Å². The van der Waals surface area contributed by atoms with E-state index >= 15 is 0 Å². The summed E-state index contributed by atoms with van der Waals surface area (Å²) in [6, 6.07) is 4.01. The van der Waals surface area contributed by atoms with Crippen LogP contribution in [0.4, 0.5) is 5.82 Å². The molecule has 0 radical (unpaired) electrons. The van der Waals surface area contributed by atoms with Gasteiger partial charge < -0.3 is 9.64 Å². The molecule has 4 heterocycles. The van der Waals surface area contributed by atoms with E-state index in [1.54, 1.807) is 4.80 Å². The van der Waals surface area contributed by atoms with E-state index in [4.69, 9.17) is 4.74 Å². The van der Waals surface area contributed by atoms with Gasteiger partial charge in [0.2, 0.25) is 0 Å². The van der Waals surface area contributed by atoms with Crippen molar-refractivity contribution in [3.05, 3.63) is 30.2 Å². The fraction of sp³-hybridized carbons (Fsp3) is 0.611. The molecule has 2 fully saturated rings. The summed E-state index contributed by atoms with van der Waals surface area (Å²) in [5, 5.41) is 8.73. The van der Waals surface area contributed by atoms with Crippen molar-refractivity contribution in [1.82, 2.24) is 24.9 Å². The number of rotatable bonds is 6. The molecule has 25 heavy (non-hydrogen) atoms. The fourth-order valence-electron chi connectivity index (χ4n) is 3.64. The van der Waals surface area contributed by atoms with Crippen LogP contribution in [0, 0.1) is 0 Å². The molecule has 2 aromatic rings. The number of pyridine rings is 1. The molecule has 0 saturated carbocycles. The van der Waals surface area contributed by atoms with Gasteiger partial charge in [0.25, 0.3) is 0 Å². The Morgan fingerprint density at radius 3 is 2.92 bits per heavy atom. The number of nitrogens with zero attached hydrogens (tertiary/aromatic N) is 6. The summed E-state index contributed by atoms with van der Waals surface area (Å²) in [7, 11) is 0. The Bertz CT molecular complexity index is 696. The second-order valence-corrected chi connectivity index (χ2v) is 6.81. The van der Waals surface area contributed by atoms with Crippen molar-refractivity contribution < 1.29 is 4.74 Å². The summed E-state index contributed by atoms with van der Waals surface area (Å²) >= 11 is 0. The highest BCUT2D eigenvalue weighted by Gasteiger charge is 2.26. The molecule has 0 aromatic carbocycles. The molecule has 7 heteroatoms. The highest BCUT2D eigenvalue weighted by atomic mass is 16.5. The normalized spacial score (nSPS) is 21.2. The highest BCUT2D eigenvalue weighted by Crippen LogP contribution is 2.30. The maximum Gasteiger partial charge on any atom is 0.171 e. The van der Waals surface area contributed by atoms with E-state index in [-0.39, 0.29) is 6.10 Å². The quantitative estimate of drug-likeness (QED) is 0.800. The highest BCUT2D eigenvalue weighted by molar-refractivity contribution is 5.52. The Labute approximate surface area is 148 Å². The molecule has 0 unspecified atom stereocenters. The zero-order chi connectivity index (χ0) is 17.1. The first-order valence-corrected chi connectivity index (χ1v) is 9.30. The summed E-state index contributed by atoms with van der Waals surface area (Å²) in [5.74, 6) is 1.93. The van der Waals surface area contributed by atoms with Crippen LogP contribution in [0.25, 0.3) is 0 Å². The van der Waals surface area contributed by atoms with Gasteiger partial charge in [0.1, 0.15) is 6.10 Å². The molecule has 134 valence electrons. The lowest BCUT2D eigenvalue weighted by Crippen LogP contribution is -2.26. The molecule has 0 N–H and O–H groups in total. The smallest absolute Gasteiger partial charge is 0.171 e. The Morgan fingerprint density at radius 1 is 1.24 bits per heavy atom. The van der Waals surface area contributed by atoms with E-state index in [9.17, 15) is 0 Å². The maximum absolute atomic E-state index is 6.33. The Kier molecular flexibility index (Phi) is 4.83. The van der Waals surface area contributed by atoms with Gasteiger partial charge in [-0.05, 0) is 38.3 Å². The van der Waals surface area contributed by atoms with Gasteiger partial charge in [-0.25, -0.2) is 4.98 Å². The van der Waals surface area contributed by atoms with Crippen LogP contribution in [0.3, 0.4) is 0 Å². The number of hydrogen-bond acceptors (Lipinski definition) is 6. The summed E-state index contributed by atoms with van der Waals surface area (Å²) in [5.41, 5.74) is 1.03. The first-order chi connectivity index (χ1) is 12.3. The van der Waals surface area contributed by atoms with Gasteiger partial charge >= 0.3 is 0 Å². The Morgan fingerprint density at radius 2 is 2.12 bits per heavy atom. The molecular weight excluding hydrogens is 316 g/mol. The van der Waals surface area contributed by atoms with E-state index in [2.05, 4.69) is 38.0 Å². The SMILES string of the molecule is CCn1ncc(CN2CC[C@@H](Oc3cccnc3N3CCCC3)C2)n1. The Balaban J connectivity index is 1.36. The van der Waals surface area contributed by atoms with Crippen LogP contribution in [0.5, 0.6) is 5.75 Å². The van der Waals surface area contributed by atoms with E-state index in [0.717, 1.165) is 63.0 Å². The van der Waals surface area contributed by atoms with Crippen LogP contribution in [0.15, 0.2) is 24.5 Å². The summed E-state index contributed by atoms with van der Waals surface area (Å²) < 4.78 is 6.33. The zero-order valence-electron chi connectivity index (χ0n) is 14.8. The topological polar surface area (TPSA) is 59.3 Å². The second-order valence-electron chi connectivity index (χ2n) is 6.81. The molecule has 0 amide bonds. The van der Waals surface area contributed by atoms with Crippen molar-refractivity contribution in [2.45, 2.75) is 45.4 Å². The average Bonchev–Trinajstić information content (AvgIpc) is 3.38. The monoisotopic (exact) mass is 342 g/mol. The van der Waals surface area contributed by atoms with Crippen molar-refractivity contribution in [3.63, 3.8) is 0 Å². The third-order valence-electron chi connectivity index (χ3n) is 4.93. The summed E-state index contributed by atoms with van der Waals surface area (Å²) in [6.07, 6.45) is 7.46. The van der Waals surface area contributed by atoms with Gasteiger partial charge in [-0.1, -0.05) is 0 Å². The largest absolute Gasteiger partial charge is 0.485 e. The van der Waals surface area contributed by atoms with Crippen LogP contribution in [0.1, 0.15) is 31.9 Å². The van der Waals surface area contributed by atoms with Crippen molar-refractivity contribution in [1.29, 1.82) is 0 Å². The molecule has 2 aliphatic heterocycles. The number of anilines is 1. The van der Waals surface area contributed by atoms with Crippen LogP contribution in [-0.2, 0) is 13.1 Å². The van der Waals surface area contributed by atoms with E-state index in [0.29, 0.717) is 0 Å². The summed E-state index contributed by atoms with van der Waals surface area (Å²) in [6.45, 7) is 7.82.